The molecule has 17 heavy (non-hydrogen) atoms. The Morgan fingerprint density at radius 3 is 3.06 bits per heavy atom. The summed E-state index contributed by atoms with van der Waals surface area (Å²) in [5.74, 6) is 0. The molecule has 0 bridgehead atoms. The van der Waals surface area contributed by atoms with Crippen molar-refractivity contribution in [3.8, 4) is 0 Å². The lowest BCUT2D eigenvalue weighted by Gasteiger charge is -2.14. The predicted octanol–water partition coefficient (Wildman–Crippen LogP) is 0.884. The lowest BCUT2D eigenvalue weighted by atomic mass is 10.3. The number of hydrogen-bond acceptors (Lipinski definition) is 3. The van der Waals surface area contributed by atoms with E-state index in [4.69, 9.17) is 0 Å². The highest BCUT2D eigenvalue weighted by Crippen LogP contribution is 1.96. The summed E-state index contributed by atoms with van der Waals surface area (Å²) in [6.07, 6.45) is 6.33. The van der Waals surface area contributed by atoms with E-state index in [1.54, 1.807) is 27.5 Å². The molecule has 0 aliphatic rings. The van der Waals surface area contributed by atoms with Gasteiger partial charge in [-0.1, -0.05) is 6.92 Å². The van der Waals surface area contributed by atoms with E-state index in [2.05, 4.69) is 24.3 Å². The lowest BCUT2D eigenvalue weighted by molar-refractivity contribution is 0.469. The molecule has 0 aliphatic heterocycles. The fraction of sp³-hybridized carbons (Fsp3) is 0.500. The first-order chi connectivity index (χ1) is 8.22. The predicted molar refractivity (Wildman–Crippen MR) is 67.2 cm³/mol. The van der Waals surface area contributed by atoms with Crippen LogP contribution in [-0.2, 0) is 6.54 Å². The van der Waals surface area contributed by atoms with Gasteiger partial charge in [0.05, 0.1) is 6.20 Å². The Kier molecular flexibility index (Phi) is 3.58. The topological polar surface area (TPSA) is 51.3 Å². The Balaban J connectivity index is 2.18. The molecule has 1 N–H and O–H groups in total. The van der Waals surface area contributed by atoms with Crippen molar-refractivity contribution in [1.82, 2.24) is 19.5 Å². The maximum atomic E-state index is 12.1. The normalized spacial score (nSPS) is 13.1. The van der Waals surface area contributed by atoms with Crippen LogP contribution in [0.2, 0.25) is 0 Å². The molecule has 0 aromatic carbocycles. The van der Waals surface area contributed by atoms with Crippen LogP contribution >= 0.6 is 0 Å². The van der Waals surface area contributed by atoms with E-state index < -0.39 is 0 Å². The summed E-state index contributed by atoms with van der Waals surface area (Å²) in [5.41, 5.74) is 0.630. The Morgan fingerprint density at radius 1 is 1.47 bits per heavy atom. The molecule has 2 rings (SSSR count). The Bertz CT molecular complexity index is 543. The highest BCUT2D eigenvalue weighted by molar-refractivity contribution is 5.42. The van der Waals surface area contributed by atoms with Gasteiger partial charge in [-0.25, -0.2) is 4.52 Å². The number of nitrogens with zero attached hydrogens (tertiary/aromatic N) is 3. The lowest BCUT2D eigenvalue weighted by Crippen LogP contribution is -2.35. The van der Waals surface area contributed by atoms with Crippen molar-refractivity contribution in [1.29, 1.82) is 0 Å². The smallest absolute Gasteiger partial charge is 0.276 e. The van der Waals surface area contributed by atoms with Gasteiger partial charge in [0.2, 0.25) is 0 Å². The molecule has 0 amide bonds. The van der Waals surface area contributed by atoms with E-state index in [9.17, 15) is 4.79 Å². The van der Waals surface area contributed by atoms with Gasteiger partial charge < -0.3 is 9.88 Å². The van der Waals surface area contributed by atoms with Gasteiger partial charge in [-0.3, -0.25) is 4.79 Å². The van der Waals surface area contributed by atoms with Crippen molar-refractivity contribution in [2.75, 3.05) is 6.54 Å². The minimum atomic E-state index is 0.00940. The van der Waals surface area contributed by atoms with E-state index >= 15 is 0 Å². The van der Waals surface area contributed by atoms with Gasteiger partial charge in [0.1, 0.15) is 5.52 Å². The highest BCUT2D eigenvalue weighted by atomic mass is 16.1. The quantitative estimate of drug-likeness (QED) is 0.835. The first kappa shape index (κ1) is 11.9. The second kappa shape index (κ2) is 5.14. The van der Waals surface area contributed by atoms with Crippen LogP contribution < -0.4 is 10.9 Å². The zero-order valence-corrected chi connectivity index (χ0v) is 10.3. The van der Waals surface area contributed by atoms with Crippen LogP contribution in [0.3, 0.4) is 0 Å². The molecule has 0 saturated carbocycles. The summed E-state index contributed by atoms with van der Waals surface area (Å²) in [5, 5.41) is 7.40. The number of rotatable bonds is 5. The monoisotopic (exact) mass is 234 g/mol. The Labute approximate surface area is 100 Å². The first-order valence-corrected chi connectivity index (χ1v) is 5.98. The Hall–Kier alpha value is -1.62. The van der Waals surface area contributed by atoms with Crippen LogP contribution in [0.5, 0.6) is 0 Å². The van der Waals surface area contributed by atoms with E-state index in [1.807, 2.05) is 6.20 Å². The van der Waals surface area contributed by atoms with Gasteiger partial charge in [0.25, 0.3) is 5.56 Å². The summed E-state index contributed by atoms with van der Waals surface area (Å²) < 4.78 is 3.33. The molecule has 0 saturated heterocycles. The third kappa shape index (κ3) is 2.55. The highest BCUT2D eigenvalue weighted by Gasteiger charge is 2.06. The molecule has 0 radical (unpaired) electrons. The van der Waals surface area contributed by atoms with Crippen LogP contribution in [0.1, 0.15) is 20.3 Å². The summed E-state index contributed by atoms with van der Waals surface area (Å²) in [4.78, 5) is 12.1. The van der Waals surface area contributed by atoms with Gasteiger partial charge in [0.15, 0.2) is 0 Å². The zero-order valence-electron chi connectivity index (χ0n) is 10.3. The van der Waals surface area contributed by atoms with Gasteiger partial charge >= 0.3 is 0 Å². The molecule has 2 aromatic rings. The maximum Gasteiger partial charge on any atom is 0.276 e. The first-order valence-electron chi connectivity index (χ1n) is 5.98. The summed E-state index contributed by atoms with van der Waals surface area (Å²) in [6.45, 7) is 5.87. The summed E-state index contributed by atoms with van der Waals surface area (Å²) >= 11 is 0. The van der Waals surface area contributed by atoms with E-state index in [0.29, 0.717) is 12.1 Å². The van der Waals surface area contributed by atoms with Crippen LogP contribution in [0.15, 0.2) is 29.5 Å². The maximum absolute atomic E-state index is 12.1. The molecular formula is C12H18N4O. The van der Waals surface area contributed by atoms with Crippen molar-refractivity contribution in [2.24, 2.45) is 0 Å². The second-order valence-electron chi connectivity index (χ2n) is 4.27. The minimum absolute atomic E-state index is 0.00940. The molecular weight excluding hydrogens is 216 g/mol. The molecule has 2 heterocycles. The molecule has 0 aliphatic carbocycles. The standard InChI is InChI=1S/C12H18N4O/c1-3-5-13-10(2)9-15-7-8-16-11(12(15)17)4-6-14-16/h4,6-8,10,13H,3,5,9H2,1-2H3. The molecule has 1 atom stereocenters. The number of nitrogens with one attached hydrogen (secondary N) is 1. The molecule has 92 valence electrons. The fourth-order valence-electron chi connectivity index (χ4n) is 1.85. The van der Waals surface area contributed by atoms with E-state index in [1.165, 1.54) is 0 Å². The summed E-state index contributed by atoms with van der Waals surface area (Å²) in [6, 6.07) is 2.03. The average Bonchev–Trinajstić information content (AvgIpc) is 2.79. The van der Waals surface area contributed by atoms with Gasteiger partial charge in [-0.15, -0.1) is 0 Å². The zero-order chi connectivity index (χ0) is 12.3. The number of aromatic nitrogens is 3. The SMILES string of the molecule is CCCNC(C)Cn1ccn2nccc2c1=O. The van der Waals surface area contributed by atoms with Crippen LogP contribution in [-0.4, -0.2) is 26.8 Å². The van der Waals surface area contributed by atoms with Crippen molar-refractivity contribution < 1.29 is 0 Å². The molecule has 5 heteroatoms. The van der Waals surface area contributed by atoms with Crippen LogP contribution in [0.4, 0.5) is 0 Å². The molecule has 2 aromatic heterocycles. The third-order valence-corrected chi connectivity index (χ3v) is 2.75. The van der Waals surface area contributed by atoms with Gasteiger partial charge in [0, 0.05) is 25.0 Å². The minimum Gasteiger partial charge on any atom is -0.312 e. The second-order valence-corrected chi connectivity index (χ2v) is 4.27. The Morgan fingerprint density at radius 2 is 2.29 bits per heavy atom. The number of hydrogen-bond donors (Lipinski definition) is 1. The number of fused-ring (bicyclic) bond motifs is 1. The molecule has 0 spiro atoms. The van der Waals surface area contributed by atoms with E-state index in [0.717, 1.165) is 13.0 Å². The molecule has 0 fully saturated rings. The van der Waals surface area contributed by atoms with Crippen LogP contribution in [0, 0.1) is 0 Å². The van der Waals surface area contributed by atoms with E-state index in [-0.39, 0.29) is 11.6 Å². The molecule has 5 nitrogen and oxygen atoms in total. The van der Waals surface area contributed by atoms with Gasteiger partial charge in [-0.05, 0) is 26.0 Å². The fourth-order valence-corrected chi connectivity index (χ4v) is 1.85. The van der Waals surface area contributed by atoms with Crippen molar-refractivity contribution >= 4 is 5.52 Å². The van der Waals surface area contributed by atoms with Crippen molar-refractivity contribution in [3.05, 3.63) is 35.0 Å². The van der Waals surface area contributed by atoms with Crippen molar-refractivity contribution in [2.45, 2.75) is 32.9 Å². The largest absolute Gasteiger partial charge is 0.312 e. The average molecular weight is 234 g/mol. The summed E-state index contributed by atoms with van der Waals surface area (Å²) in [7, 11) is 0. The van der Waals surface area contributed by atoms with Crippen molar-refractivity contribution in [3.63, 3.8) is 0 Å². The van der Waals surface area contributed by atoms with Crippen LogP contribution in [0.25, 0.3) is 5.52 Å². The third-order valence-electron chi connectivity index (χ3n) is 2.75. The van der Waals surface area contributed by atoms with Gasteiger partial charge in [-0.2, -0.15) is 5.10 Å². The molecule has 1 unspecified atom stereocenters.